The van der Waals surface area contributed by atoms with Crippen LogP contribution >= 0.6 is 0 Å². The second-order valence-corrected chi connectivity index (χ2v) is 6.38. The van der Waals surface area contributed by atoms with Crippen molar-refractivity contribution in [3.8, 4) is 0 Å². The van der Waals surface area contributed by atoms with Crippen LogP contribution in [-0.2, 0) is 26.1 Å². The fourth-order valence-corrected chi connectivity index (χ4v) is 3.10. The van der Waals surface area contributed by atoms with Gasteiger partial charge < -0.3 is 14.0 Å². The van der Waals surface area contributed by atoms with Gasteiger partial charge in [-0.3, -0.25) is 4.90 Å². The molecule has 6 heteroatoms. The Bertz CT molecular complexity index is 624. The predicted octanol–water partition coefficient (Wildman–Crippen LogP) is 1.61. The van der Waals surface area contributed by atoms with Gasteiger partial charge >= 0.3 is 0 Å². The van der Waals surface area contributed by atoms with Gasteiger partial charge in [0.1, 0.15) is 11.6 Å². The molecule has 1 aliphatic heterocycles. The topological polar surface area (TPSA) is 50.3 Å². The maximum atomic E-state index is 5.28. The Balaban J connectivity index is 1.70. The number of imidazole rings is 1. The highest BCUT2D eigenvalue weighted by Gasteiger charge is 2.20. The van der Waals surface area contributed by atoms with Crippen LogP contribution < -0.4 is 0 Å². The maximum Gasteiger partial charge on any atom is 0.138 e. The van der Waals surface area contributed by atoms with Crippen LogP contribution in [0.3, 0.4) is 0 Å². The van der Waals surface area contributed by atoms with Gasteiger partial charge in [-0.05, 0) is 27.9 Å². The molecular formula is C16H25N5O. The lowest BCUT2D eigenvalue weighted by Gasteiger charge is -2.19. The Labute approximate surface area is 131 Å². The molecule has 0 bridgehead atoms. The van der Waals surface area contributed by atoms with Crippen LogP contribution in [-0.4, -0.2) is 51.7 Å². The third-order valence-electron chi connectivity index (χ3n) is 4.35. The molecule has 0 saturated heterocycles. The first-order chi connectivity index (χ1) is 10.5. The number of aryl methyl sites for hydroxylation is 2. The first kappa shape index (κ1) is 15.2. The van der Waals surface area contributed by atoms with Gasteiger partial charge in [-0.2, -0.15) is 0 Å². The molecule has 0 radical (unpaired) electrons. The zero-order valence-electron chi connectivity index (χ0n) is 14.0. The normalized spacial score (nSPS) is 16.0. The smallest absolute Gasteiger partial charge is 0.138 e. The molecule has 0 unspecified atom stereocenters. The van der Waals surface area contributed by atoms with Gasteiger partial charge in [0, 0.05) is 50.9 Å². The molecule has 120 valence electrons. The lowest BCUT2D eigenvalue weighted by molar-refractivity contribution is 0.267. The van der Waals surface area contributed by atoms with Gasteiger partial charge in [0.2, 0.25) is 0 Å². The lowest BCUT2D eigenvalue weighted by Crippen LogP contribution is -2.27. The minimum Gasteiger partial charge on any atom is -0.361 e. The summed E-state index contributed by atoms with van der Waals surface area (Å²) in [5.41, 5.74) is 3.54. The summed E-state index contributed by atoms with van der Waals surface area (Å²) in [6.07, 6.45) is 3.02. The fourth-order valence-electron chi connectivity index (χ4n) is 3.10. The molecule has 0 aromatic carbocycles. The first-order valence-corrected chi connectivity index (χ1v) is 7.86. The Morgan fingerprint density at radius 2 is 2.05 bits per heavy atom. The van der Waals surface area contributed by atoms with Crippen molar-refractivity contribution in [1.29, 1.82) is 0 Å². The van der Waals surface area contributed by atoms with E-state index in [2.05, 4.69) is 38.6 Å². The average molecular weight is 303 g/mol. The molecule has 0 fully saturated rings. The standard InChI is InChI=1S/C16H25N5O/c1-12-15(13(2)22-18-12)11-20-6-5-16-17-9-14(10-19(3)4)21(16)8-7-20/h9H,5-8,10-11H2,1-4H3. The van der Waals surface area contributed by atoms with E-state index in [1.54, 1.807) is 0 Å². The van der Waals surface area contributed by atoms with Crippen LogP contribution in [0.5, 0.6) is 0 Å². The first-order valence-electron chi connectivity index (χ1n) is 7.86. The van der Waals surface area contributed by atoms with Gasteiger partial charge in [0.15, 0.2) is 0 Å². The van der Waals surface area contributed by atoms with E-state index in [-0.39, 0.29) is 0 Å². The molecule has 3 rings (SSSR count). The van der Waals surface area contributed by atoms with Crippen molar-refractivity contribution in [2.75, 3.05) is 27.2 Å². The van der Waals surface area contributed by atoms with Crippen LogP contribution in [0.15, 0.2) is 10.7 Å². The monoisotopic (exact) mass is 303 g/mol. The van der Waals surface area contributed by atoms with Crippen LogP contribution in [0.2, 0.25) is 0 Å². The van der Waals surface area contributed by atoms with Crippen molar-refractivity contribution < 1.29 is 4.52 Å². The molecule has 1 aliphatic rings. The predicted molar refractivity (Wildman–Crippen MR) is 84.6 cm³/mol. The highest BCUT2D eigenvalue weighted by atomic mass is 16.5. The number of hydrogen-bond donors (Lipinski definition) is 0. The molecule has 0 N–H and O–H groups in total. The zero-order valence-corrected chi connectivity index (χ0v) is 14.0. The summed E-state index contributed by atoms with van der Waals surface area (Å²) in [5, 5.41) is 4.06. The molecule has 0 aliphatic carbocycles. The summed E-state index contributed by atoms with van der Waals surface area (Å²) in [4.78, 5) is 9.28. The molecular weight excluding hydrogens is 278 g/mol. The molecule has 2 aromatic heterocycles. The fraction of sp³-hybridized carbons (Fsp3) is 0.625. The summed E-state index contributed by atoms with van der Waals surface area (Å²) < 4.78 is 7.66. The Hall–Kier alpha value is -1.66. The minimum atomic E-state index is 0.912. The van der Waals surface area contributed by atoms with Crippen LogP contribution in [0, 0.1) is 13.8 Å². The average Bonchev–Trinajstić information content (AvgIpc) is 2.91. The van der Waals surface area contributed by atoms with Crippen molar-refractivity contribution in [2.24, 2.45) is 0 Å². The summed E-state index contributed by atoms with van der Waals surface area (Å²) in [5.74, 6) is 2.14. The number of fused-ring (bicyclic) bond motifs is 1. The molecule has 0 amide bonds. The van der Waals surface area contributed by atoms with E-state index >= 15 is 0 Å². The second-order valence-electron chi connectivity index (χ2n) is 6.38. The number of aromatic nitrogens is 3. The number of hydrogen-bond acceptors (Lipinski definition) is 5. The molecule has 0 spiro atoms. The summed E-state index contributed by atoms with van der Waals surface area (Å²) in [6.45, 7) is 8.93. The molecule has 0 saturated carbocycles. The van der Waals surface area contributed by atoms with E-state index < -0.39 is 0 Å². The molecule has 0 atom stereocenters. The third-order valence-corrected chi connectivity index (χ3v) is 4.35. The summed E-state index contributed by atoms with van der Waals surface area (Å²) in [6, 6.07) is 0. The van der Waals surface area contributed by atoms with Gasteiger partial charge in [-0.15, -0.1) is 0 Å². The van der Waals surface area contributed by atoms with Gasteiger partial charge in [0.05, 0.1) is 11.4 Å². The Kier molecular flexibility index (Phi) is 4.31. The van der Waals surface area contributed by atoms with Gasteiger partial charge in [0.25, 0.3) is 0 Å². The summed E-state index contributed by atoms with van der Waals surface area (Å²) >= 11 is 0. The van der Waals surface area contributed by atoms with Crippen molar-refractivity contribution in [3.05, 3.63) is 34.7 Å². The van der Waals surface area contributed by atoms with Gasteiger partial charge in [-0.25, -0.2) is 4.98 Å². The SMILES string of the molecule is Cc1noc(C)c1CN1CCc2ncc(CN(C)C)n2CC1. The second kappa shape index (κ2) is 6.22. The van der Waals surface area contributed by atoms with E-state index in [1.807, 2.05) is 20.0 Å². The van der Waals surface area contributed by atoms with E-state index in [9.17, 15) is 0 Å². The Morgan fingerprint density at radius 3 is 2.73 bits per heavy atom. The van der Waals surface area contributed by atoms with Crippen molar-refractivity contribution in [2.45, 2.75) is 39.9 Å². The largest absolute Gasteiger partial charge is 0.361 e. The Morgan fingerprint density at radius 1 is 1.23 bits per heavy atom. The maximum absolute atomic E-state index is 5.28. The quantitative estimate of drug-likeness (QED) is 0.859. The van der Waals surface area contributed by atoms with E-state index in [1.165, 1.54) is 17.1 Å². The molecule has 2 aromatic rings. The highest BCUT2D eigenvalue weighted by Crippen LogP contribution is 2.18. The minimum absolute atomic E-state index is 0.912. The number of nitrogens with zero attached hydrogens (tertiary/aromatic N) is 5. The van der Waals surface area contributed by atoms with Crippen LogP contribution in [0.1, 0.15) is 28.5 Å². The van der Waals surface area contributed by atoms with Gasteiger partial charge in [-0.1, -0.05) is 5.16 Å². The van der Waals surface area contributed by atoms with Crippen molar-refractivity contribution >= 4 is 0 Å². The molecule has 6 nitrogen and oxygen atoms in total. The van der Waals surface area contributed by atoms with Crippen LogP contribution in [0.25, 0.3) is 0 Å². The van der Waals surface area contributed by atoms with E-state index in [4.69, 9.17) is 4.52 Å². The molecule has 22 heavy (non-hydrogen) atoms. The highest BCUT2D eigenvalue weighted by molar-refractivity contribution is 5.20. The van der Waals surface area contributed by atoms with E-state index in [0.717, 1.165) is 50.6 Å². The summed E-state index contributed by atoms with van der Waals surface area (Å²) in [7, 11) is 4.20. The van der Waals surface area contributed by atoms with Crippen LogP contribution in [0.4, 0.5) is 0 Å². The van der Waals surface area contributed by atoms with E-state index in [0.29, 0.717) is 0 Å². The number of rotatable bonds is 4. The third kappa shape index (κ3) is 3.08. The zero-order chi connectivity index (χ0) is 15.7. The lowest BCUT2D eigenvalue weighted by atomic mass is 10.2. The van der Waals surface area contributed by atoms with Crippen molar-refractivity contribution in [3.63, 3.8) is 0 Å². The van der Waals surface area contributed by atoms with Crippen molar-refractivity contribution in [1.82, 2.24) is 24.5 Å². The molecule has 3 heterocycles.